The Hall–Kier alpha value is -1.38. The van der Waals surface area contributed by atoms with Gasteiger partial charge in [-0.25, -0.2) is 0 Å². The normalized spacial score (nSPS) is 23.9. The standard InChI is InChI=1S/C20H30O2/c1-15(7-6-8-16(2)12-14-21)9-10-18-17(3)19(22)11-13-20(18,4)5/h6-10,12,19,21-22H,11,13-14H2,1-5H3/b8-6?,10-9?,15-7?,16-12+. The highest BCUT2D eigenvalue weighted by atomic mass is 16.3. The van der Waals surface area contributed by atoms with E-state index in [-0.39, 0.29) is 18.1 Å². The van der Waals surface area contributed by atoms with Gasteiger partial charge in [-0.3, -0.25) is 0 Å². The van der Waals surface area contributed by atoms with Crippen molar-refractivity contribution in [2.24, 2.45) is 5.41 Å². The maximum atomic E-state index is 10.1. The summed E-state index contributed by atoms with van der Waals surface area (Å²) in [6.07, 6.45) is 13.6. The number of aliphatic hydroxyl groups excluding tert-OH is 2. The minimum atomic E-state index is -0.303. The van der Waals surface area contributed by atoms with E-state index in [9.17, 15) is 5.11 Å². The molecule has 0 aromatic rings. The molecule has 0 aliphatic heterocycles. The van der Waals surface area contributed by atoms with Crippen LogP contribution in [-0.2, 0) is 0 Å². The average molecular weight is 302 g/mol. The largest absolute Gasteiger partial charge is 0.392 e. The van der Waals surface area contributed by atoms with Gasteiger partial charge in [-0.2, -0.15) is 0 Å². The van der Waals surface area contributed by atoms with Crippen LogP contribution < -0.4 is 0 Å². The topological polar surface area (TPSA) is 40.5 Å². The second-order valence-corrected chi connectivity index (χ2v) is 6.77. The summed E-state index contributed by atoms with van der Waals surface area (Å²) < 4.78 is 0. The first-order chi connectivity index (χ1) is 10.3. The van der Waals surface area contributed by atoms with E-state index in [0.29, 0.717) is 0 Å². The molecule has 2 nitrogen and oxygen atoms in total. The van der Waals surface area contributed by atoms with Gasteiger partial charge in [0, 0.05) is 0 Å². The highest BCUT2D eigenvalue weighted by molar-refractivity contribution is 5.38. The molecule has 1 aliphatic carbocycles. The lowest BCUT2D eigenvalue weighted by molar-refractivity contribution is 0.163. The molecular formula is C20H30O2. The van der Waals surface area contributed by atoms with Crippen molar-refractivity contribution in [3.63, 3.8) is 0 Å². The summed E-state index contributed by atoms with van der Waals surface area (Å²) in [5.74, 6) is 0. The fraction of sp³-hybridized carbons (Fsp3) is 0.500. The Morgan fingerprint density at radius 2 is 1.91 bits per heavy atom. The van der Waals surface area contributed by atoms with Crippen molar-refractivity contribution in [2.45, 2.75) is 53.6 Å². The van der Waals surface area contributed by atoms with Crippen molar-refractivity contribution in [2.75, 3.05) is 6.61 Å². The van der Waals surface area contributed by atoms with Gasteiger partial charge in [-0.15, -0.1) is 0 Å². The van der Waals surface area contributed by atoms with Crippen LogP contribution >= 0.6 is 0 Å². The first-order valence-electron chi connectivity index (χ1n) is 7.98. The molecule has 0 spiro atoms. The predicted molar refractivity (Wildman–Crippen MR) is 94.6 cm³/mol. The van der Waals surface area contributed by atoms with E-state index in [2.05, 4.69) is 32.9 Å². The van der Waals surface area contributed by atoms with Crippen molar-refractivity contribution in [1.82, 2.24) is 0 Å². The van der Waals surface area contributed by atoms with Crippen molar-refractivity contribution in [1.29, 1.82) is 0 Å². The lowest BCUT2D eigenvalue weighted by atomic mass is 9.71. The minimum Gasteiger partial charge on any atom is -0.392 e. The number of rotatable bonds is 5. The first kappa shape index (κ1) is 18.7. The minimum absolute atomic E-state index is 0.0730. The molecule has 0 amide bonds. The molecule has 2 N–H and O–H groups in total. The van der Waals surface area contributed by atoms with Crippen LogP contribution in [-0.4, -0.2) is 22.9 Å². The Balaban J connectivity index is 2.86. The third-order valence-corrected chi connectivity index (χ3v) is 4.34. The molecule has 0 saturated carbocycles. The number of allylic oxidation sites excluding steroid dienone is 8. The average Bonchev–Trinajstić information content (AvgIpc) is 2.43. The van der Waals surface area contributed by atoms with E-state index in [1.807, 2.05) is 32.1 Å². The van der Waals surface area contributed by atoms with Crippen LogP contribution in [0.5, 0.6) is 0 Å². The van der Waals surface area contributed by atoms with Crippen molar-refractivity contribution in [3.8, 4) is 0 Å². The quantitative estimate of drug-likeness (QED) is 0.735. The Kier molecular flexibility index (Phi) is 7.05. The lowest BCUT2D eigenvalue weighted by Crippen LogP contribution is -2.27. The van der Waals surface area contributed by atoms with Crippen molar-refractivity contribution < 1.29 is 10.2 Å². The molecule has 0 bridgehead atoms. The molecule has 1 unspecified atom stereocenters. The van der Waals surface area contributed by atoms with E-state index in [1.54, 1.807) is 6.08 Å². The van der Waals surface area contributed by atoms with E-state index in [0.717, 1.165) is 29.6 Å². The Morgan fingerprint density at radius 3 is 2.55 bits per heavy atom. The molecule has 1 atom stereocenters. The summed E-state index contributed by atoms with van der Waals surface area (Å²) in [5.41, 5.74) is 4.67. The zero-order valence-corrected chi connectivity index (χ0v) is 14.6. The van der Waals surface area contributed by atoms with Crippen LogP contribution in [0, 0.1) is 5.41 Å². The van der Waals surface area contributed by atoms with Crippen molar-refractivity contribution in [3.05, 3.63) is 58.7 Å². The number of hydrogen-bond donors (Lipinski definition) is 2. The summed E-state index contributed by atoms with van der Waals surface area (Å²) in [5, 5.41) is 18.9. The van der Waals surface area contributed by atoms with Gasteiger partial charge in [0.05, 0.1) is 12.7 Å². The molecule has 0 heterocycles. The zero-order valence-electron chi connectivity index (χ0n) is 14.6. The monoisotopic (exact) mass is 302 g/mol. The third-order valence-electron chi connectivity index (χ3n) is 4.34. The van der Waals surface area contributed by atoms with Gasteiger partial charge in [0.15, 0.2) is 0 Å². The maximum absolute atomic E-state index is 10.1. The number of aliphatic hydroxyl groups is 2. The number of hydrogen-bond acceptors (Lipinski definition) is 2. The van der Waals surface area contributed by atoms with E-state index in [4.69, 9.17) is 5.11 Å². The second-order valence-electron chi connectivity index (χ2n) is 6.77. The Morgan fingerprint density at radius 1 is 1.23 bits per heavy atom. The summed E-state index contributed by atoms with van der Waals surface area (Å²) >= 11 is 0. The molecule has 0 aromatic heterocycles. The summed E-state index contributed by atoms with van der Waals surface area (Å²) in [7, 11) is 0. The highest BCUT2D eigenvalue weighted by Gasteiger charge is 2.30. The van der Waals surface area contributed by atoms with Gasteiger partial charge in [0.2, 0.25) is 0 Å². The van der Waals surface area contributed by atoms with Crippen molar-refractivity contribution >= 4 is 0 Å². The molecule has 22 heavy (non-hydrogen) atoms. The molecule has 0 radical (unpaired) electrons. The fourth-order valence-corrected chi connectivity index (χ4v) is 2.75. The summed E-state index contributed by atoms with van der Waals surface area (Å²) in [6, 6.07) is 0. The second kappa shape index (κ2) is 8.30. The Labute approximate surface area is 135 Å². The molecule has 2 heteroatoms. The fourth-order valence-electron chi connectivity index (χ4n) is 2.75. The van der Waals surface area contributed by atoms with Gasteiger partial charge >= 0.3 is 0 Å². The highest BCUT2D eigenvalue weighted by Crippen LogP contribution is 2.40. The van der Waals surface area contributed by atoms with Gasteiger partial charge in [-0.05, 0) is 50.2 Å². The van der Waals surface area contributed by atoms with Crippen LogP contribution in [0.2, 0.25) is 0 Å². The van der Waals surface area contributed by atoms with Crippen LogP contribution in [0.3, 0.4) is 0 Å². The molecule has 0 aromatic carbocycles. The van der Waals surface area contributed by atoms with Gasteiger partial charge in [0.1, 0.15) is 0 Å². The van der Waals surface area contributed by atoms with Crippen LogP contribution in [0.15, 0.2) is 58.7 Å². The third kappa shape index (κ3) is 5.43. The summed E-state index contributed by atoms with van der Waals surface area (Å²) in [4.78, 5) is 0. The maximum Gasteiger partial charge on any atom is 0.0753 e. The van der Waals surface area contributed by atoms with E-state index in [1.165, 1.54) is 5.57 Å². The van der Waals surface area contributed by atoms with Gasteiger partial charge < -0.3 is 10.2 Å². The SMILES string of the molecule is CC(C=CC1=C(C)C(O)CCC1(C)C)=CC=C/C(C)=C/CO. The molecule has 0 fully saturated rings. The Bertz CT molecular complexity index is 528. The van der Waals surface area contributed by atoms with Crippen LogP contribution in [0.25, 0.3) is 0 Å². The van der Waals surface area contributed by atoms with Crippen LogP contribution in [0.4, 0.5) is 0 Å². The molecule has 1 rings (SSSR count). The predicted octanol–water partition coefficient (Wildman–Crippen LogP) is 4.48. The first-order valence-corrected chi connectivity index (χ1v) is 7.98. The molecular weight excluding hydrogens is 272 g/mol. The molecule has 0 saturated heterocycles. The summed E-state index contributed by atoms with van der Waals surface area (Å²) in [6.45, 7) is 10.6. The zero-order chi connectivity index (χ0) is 16.8. The van der Waals surface area contributed by atoms with E-state index >= 15 is 0 Å². The molecule has 122 valence electrons. The smallest absolute Gasteiger partial charge is 0.0753 e. The molecule has 1 aliphatic rings. The lowest BCUT2D eigenvalue weighted by Gasteiger charge is -2.35. The van der Waals surface area contributed by atoms with Gasteiger partial charge in [0.25, 0.3) is 0 Å². The van der Waals surface area contributed by atoms with Gasteiger partial charge in [-0.1, -0.05) is 61.4 Å². The van der Waals surface area contributed by atoms with Crippen LogP contribution in [0.1, 0.15) is 47.5 Å². The van der Waals surface area contributed by atoms with E-state index < -0.39 is 0 Å².